The van der Waals surface area contributed by atoms with Gasteiger partial charge in [-0.15, -0.1) is 0 Å². The molecular formula is C19H17I2N3O. The van der Waals surface area contributed by atoms with Gasteiger partial charge >= 0.3 is 0 Å². The van der Waals surface area contributed by atoms with Crippen molar-refractivity contribution in [2.75, 3.05) is 0 Å². The molecule has 1 aromatic carbocycles. The van der Waals surface area contributed by atoms with Gasteiger partial charge in [0.2, 0.25) is 0 Å². The predicted molar refractivity (Wildman–Crippen MR) is 115 cm³/mol. The Hall–Kier alpha value is -1.26. The van der Waals surface area contributed by atoms with E-state index in [-0.39, 0.29) is 0 Å². The van der Waals surface area contributed by atoms with Gasteiger partial charge in [0.15, 0.2) is 0 Å². The molecule has 0 aliphatic rings. The van der Waals surface area contributed by atoms with Crippen LogP contribution in [0.25, 0.3) is 0 Å². The molecule has 3 aromatic rings. The lowest BCUT2D eigenvalue weighted by Gasteiger charge is -2.22. The molecule has 6 heteroatoms. The standard InChI is InChI=1S/C19H17I2N3O/c20-15-9-14(19(25)18(21)10-15)11-24(12-16-5-1-3-7-22-16)13-17-6-2-4-8-23-17/h1-10,25H,11-13H2. The summed E-state index contributed by atoms with van der Waals surface area (Å²) in [4.78, 5) is 11.1. The van der Waals surface area contributed by atoms with E-state index >= 15 is 0 Å². The Morgan fingerprint density at radius 3 is 1.96 bits per heavy atom. The molecule has 0 saturated heterocycles. The quantitative estimate of drug-likeness (QED) is 0.451. The summed E-state index contributed by atoms with van der Waals surface area (Å²) >= 11 is 4.45. The van der Waals surface area contributed by atoms with Crippen LogP contribution in [0.4, 0.5) is 0 Å². The molecule has 0 fully saturated rings. The van der Waals surface area contributed by atoms with Crippen molar-refractivity contribution < 1.29 is 5.11 Å². The molecular weight excluding hydrogens is 540 g/mol. The summed E-state index contributed by atoms with van der Waals surface area (Å²) in [7, 11) is 0. The SMILES string of the molecule is Oc1c(I)cc(I)cc1CN(Cc1ccccn1)Cc1ccccn1. The number of nitrogens with zero attached hydrogens (tertiary/aromatic N) is 3. The second kappa shape index (κ2) is 8.91. The Bertz CT molecular complexity index is 787. The van der Waals surface area contributed by atoms with Crippen molar-refractivity contribution in [1.82, 2.24) is 14.9 Å². The smallest absolute Gasteiger partial charge is 0.133 e. The summed E-state index contributed by atoms with van der Waals surface area (Å²) < 4.78 is 1.99. The van der Waals surface area contributed by atoms with Crippen molar-refractivity contribution in [3.63, 3.8) is 0 Å². The number of phenolic OH excluding ortho intramolecular Hbond substituents is 1. The van der Waals surface area contributed by atoms with Gasteiger partial charge < -0.3 is 5.11 Å². The third-order valence-corrected chi connectivity index (χ3v) is 5.17. The lowest BCUT2D eigenvalue weighted by molar-refractivity contribution is 0.238. The third-order valence-electron chi connectivity index (χ3n) is 3.72. The second-order valence-electron chi connectivity index (χ2n) is 5.68. The highest BCUT2D eigenvalue weighted by molar-refractivity contribution is 14.1. The Labute approximate surface area is 174 Å². The van der Waals surface area contributed by atoms with Gasteiger partial charge in [-0.1, -0.05) is 12.1 Å². The molecule has 25 heavy (non-hydrogen) atoms. The maximum Gasteiger partial charge on any atom is 0.133 e. The summed E-state index contributed by atoms with van der Waals surface area (Å²) in [6, 6.07) is 15.9. The number of phenols is 1. The third kappa shape index (κ3) is 5.35. The van der Waals surface area contributed by atoms with Crippen LogP contribution in [0.15, 0.2) is 60.9 Å². The molecule has 2 aromatic heterocycles. The van der Waals surface area contributed by atoms with E-state index in [4.69, 9.17) is 0 Å². The zero-order valence-corrected chi connectivity index (χ0v) is 17.8. The van der Waals surface area contributed by atoms with E-state index in [1.165, 1.54) is 0 Å². The van der Waals surface area contributed by atoms with Crippen LogP contribution in [-0.2, 0) is 19.6 Å². The highest BCUT2D eigenvalue weighted by Gasteiger charge is 2.14. The van der Waals surface area contributed by atoms with Crippen LogP contribution in [0.2, 0.25) is 0 Å². The number of pyridine rings is 2. The van der Waals surface area contributed by atoms with Gasteiger partial charge in [-0.3, -0.25) is 14.9 Å². The Morgan fingerprint density at radius 1 is 0.840 bits per heavy atom. The molecule has 0 radical (unpaired) electrons. The number of hydrogen-bond donors (Lipinski definition) is 1. The highest BCUT2D eigenvalue weighted by Crippen LogP contribution is 2.28. The fourth-order valence-electron chi connectivity index (χ4n) is 2.59. The minimum atomic E-state index is 0.355. The lowest BCUT2D eigenvalue weighted by atomic mass is 10.1. The lowest BCUT2D eigenvalue weighted by Crippen LogP contribution is -2.23. The van der Waals surface area contributed by atoms with Crippen LogP contribution >= 0.6 is 45.2 Å². The van der Waals surface area contributed by atoms with E-state index in [1.807, 2.05) is 48.5 Å². The second-order valence-corrected chi connectivity index (χ2v) is 8.09. The summed E-state index contributed by atoms with van der Waals surface area (Å²) in [6.07, 6.45) is 3.61. The molecule has 3 rings (SSSR count). The van der Waals surface area contributed by atoms with Crippen molar-refractivity contribution in [1.29, 1.82) is 0 Å². The van der Waals surface area contributed by atoms with Crippen LogP contribution in [0.3, 0.4) is 0 Å². The zero-order chi connectivity index (χ0) is 17.6. The molecule has 0 unspecified atom stereocenters. The van der Waals surface area contributed by atoms with Crippen LogP contribution in [0.1, 0.15) is 17.0 Å². The monoisotopic (exact) mass is 557 g/mol. The molecule has 0 amide bonds. The molecule has 0 aliphatic carbocycles. The van der Waals surface area contributed by atoms with Gasteiger partial charge in [0, 0.05) is 41.2 Å². The molecule has 0 spiro atoms. The number of hydrogen-bond acceptors (Lipinski definition) is 4. The van der Waals surface area contributed by atoms with Crippen molar-refractivity contribution in [2.45, 2.75) is 19.6 Å². The average Bonchev–Trinajstić information content (AvgIpc) is 2.61. The maximum absolute atomic E-state index is 10.4. The average molecular weight is 557 g/mol. The molecule has 0 saturated carbocycles. The first-order valence-electron chi connectivity index (χ1n) is 7.81. The van der Waals surface area contributed by atoms with Gasteiger partial charge in [-0.25, -0.2) is 0 Å². The molecule has 128 valence electrons. The molecule has 0 aliphatic heterocycles. The van der Waals surface area contributed by atoms with E-state index in [0.29, 0.717) is 25.4 Å². The maximum atomic E-state index is 10.4. The Morgan fingerprint density at radius 2 is 1.44 bits per heavy atom. The zero-order valence-electron chi connectivity index (χ0n) is 13.4. The number of benzene rings is 1. The van der Waals surface area contributed by atoms with Crippen LogP contribution in [0, 0.1) is 7.14 Å². The van der Waals surface area contributed by atoms with E-state index in [0.717, 1.165) is 24.1 Å². The fraction of sp³-hybridized carbons (Fsp3) is 0.158. The van der Waals surface area contributed by atoms with Crippen LogP contribution in [-0.4, -0.2) is 20.0 Å². The minimum Gasteiger partial charge on any atom is -0.507 e. The van der Waals surface area contributed by atoms with Gasteiger partial charge in [0.05, 0.1) is 15.0 Å². The van der Waals surface area contributed by atoms with E-state index < -0.39 is 0 Å². The molecule has 0 atom stereocenters. The van der Waals surface area contributed by atoms with Crippen molar-refractivity contribution >= 4 is 45.2 Å². The largest absolute Gasteiger partial charge is 0.507 e. The van der Waals surface area contributed by atoms with Gasteiger partial charge in [-0.05, 0) is 81.6 Å². The number of aromatic nitrogens is 2. The Balaban J connectivity index is 1.85. The van der Waals surface area contributed by atoms with Gasteiger partial charge in [0.1, 0.15) is 5.75 Å². The molecule has 0 bridgehead atoms. The van der Waals surface area contributed by atoms with Gasteiger partial charge in [-0.2, -0.15) is 0 Å². The summed E-state index contributed by atoms with van der Waals surface area (Å²) in [6.45, 7) is 2.02. The first-order chi connectivity index (χ1) is 12.1. The number of rotatable bonds is 6. The van der Waals surface area contributed by atoms with Crippen LogP contribution in [0.5, 0.6) is 5.75 Å². The predicted octanol–water partition coefficient (Wildman–Crippen LogP) is 4.59. The first-order valence-corrected chi connectivity index (χ1v) is 9.96. The topological polar surface area (TPSA) is 49.2 Å². The van der Waals surface area contributed by atoms with Crippen molar-refractivity contribution in [2.24, 2.45) is 0 Å². The van der Waals surface area contributed by atoms with Crippen LogP contribution < -0.4 is 0 Å². The molecule has 4 nitrogen and oxygen atoms in total. The summed E-state index contributed by atoms with van der Waals surface area (Å²) in [5.41, 5.74) is 2.92. The highest BCUT2D eigenvalue weighted by atomic mass is 127. The van der Waals surface area contributed by atoms with Crippen molar-refractivity contribution in [3.05, 3.63) is 85.0 Å². The van der Waals surface area contributed by atoms with E-state index in [9.17, 15) is 5.11 Å². The van der Waals surface area contributed by atoms with Gasteiger partial charge in [0.25, 0.3) is 0 Å². The summed E-state index contributed by atoms with van der Waals surface area (Å²) in [5.74, 6) is 0.355. The first kappa shape index (κ1) is 18.5. The summed E-state index contributed by atoms with van der Waals surface area (Å²) in [5, 5.41) is 10.4. The molecule has 2 heterocycles. The fourth-order valence-corrected chi connectivity index (χ4v) is 4.55. The minimum absolute atomic E-state index is 0.355. The number of halogens is 2. The van der Waals surface area contributed by atoms with E-state index in [2.05, 4.69) is 60.0 Å². The van der Waals surface area contributed by atoms with Crippen molar-refractivity contribution in [3.8, 4) is 5.75 Å². The molecule has 1 N–H and O–H groups in total. The number of aromatic hydroxyl groups is 1. The Kier molecular flexibility index (Phi) is 6.60. The normalized spacial score (nSPS) is 11.0. The van der Waals surface area contributed by atoms with E-state index in [1.54, 1.807) is 12.4 Å².